The highest BCUT2D eigenvalue weighted by atomic mass is 35.5. The average molecular weight is 348 g/mol. The second-order valence-corrected chi connectivity index (χ2v) is 6.06. The molecular weight excluding hydrogens is 334 g/mol. The highest BCUT2D eigenvalue weighted by Crippen LogP contribution is 2.29. The van der Waals surface area contributed by atoms with Gasteiger partial charge in [-0.3, -0.25) is 4.98 Å². The molecule has 0 fully saturated rings. The Labute approximate surface area is 142 Å². The van der Waals surface area contributed by atoms with Crippen LogP contribution in [0.1, 0.15) is 13.3 Å². The van der Waals surface area contributed by atoms with Crippen LogP contribution in [0.2, 0.25) is 5.15 Å². The first-order valence-electron chi connectivity index (χ1n) is 6.99. The van der Waals surface area contributed by atoms with Crippen molar-refractivity contribution in [1.82, 2.24) is 29.7 Å². The third-order valence-electron chi connectivity index (χ3n) is 2.99. The Morgan fingerprint density at radius 1 is 1.22 bits per heavy atom. The molecule has 0 aliphatic heterocycles. The molecule has 0 saturated carbocycles. The summed E-state index contributed by atoms with van der Waals surface area (Å²) in [6.45, 7) is 2.89. The molecule has 23 heavy (non-hydrogen) atoms. The maximum Gasteiger partial charge on any atom is 0.222 e. The lowest BCUT2D eigenvalue weighted by Crippen LogP contribution is -2.02. The maximum atomic E-state index is 5.92. The number of halogens is 1. The smallest absolute Gasteiger partial charge is 0.222 e. The minimum Gasteiger partial charge on any atom is -0.368 e. The first kappa shape index (κ1) is 15.7. The van der Waals surface area contributed by atoms with E-state index in [0.717, 1.165) is 29.5 Å². The zero-order valence-corrected chi connectivity index (χ0v) is 13.9. The fraction of sp³-hybridized carbons (Fsp3) is 0.214. The van der Waals surface area contributed by atoms with Crippen molar-refractivity contribution < 1.29 is 0 Å². The van der Waals surface area contributed by atoms with Crippen LogP contribution in [0, 0.1) is 0 Å². The van der Waals surface area contributed by atoms with Crippen molar-refractivity contribution in [2.45, 2.75) is 30.1 Å². The first-order chi connectivity index (χ1) is 11.2. The molecule has 0 aliphatic carbocycles. The van der Waals surface area contributed by atoms with E-state index in [0.29, 0.717) is 10.2 Å². The molecule has 2 N–H and O–H groups in total. The van der Waals surface area contributed by atoms with Crippen molar-refractivity contribution in [1.29, 1.82) is 0 Å². The highest BCUT2D eigenvalue weighted by molar-refractivity contribution is 7.99. The number of hydrogen-bond acceptors (Lipinski definition) is 7. The molecule has 0 unspecified atom stereocenters. The van der Waals surface area contributed by atoms with Gasteiger partial charge in [-0.05, 0) is 30.3 Å². The molecule has 3 aromatic heterocycles. The van der Waals surface area contributed by atoms with Gasteiger partial charge in [-0.15, -0.1) is 10.2 Å². The summed E-state index contributed by atoms with van der Waals surface area (Å²) in [5.41, 5.74) is 6.60. The Morgan fingerprint density at radius 2 is 2.00 bits per heavy atom. The van der Waals surface area contributed by atoms with Gasteiger partial charge in [0.1, 0.15) is 10.2 Å². The van der Waals surface area contributed by atoms with Crippen LogP contribution >= 0.6 is 23.4 Å². The van der Waals surface area contributed by atoms with Crippen LogP contribution in [-0.4, -0.2) is 29.7 Å². The second kappa shape index (κ2) is 6.93. The van der Waals surface area contributed by atoms with E-state index in [1.807, 2.05) is 16.7 Å². The quantitative estimate of drug-likeness (QED) is 0.709. The van der Waals surface area contributed by atoms with Gasteiger partial charge in [-0.1, -0.05) is 18.5 Å². The molecule has 3 rings (SSSR count). The summed E-state index contributed by atoms with van der Waals surface area (Å²) < 4.78 is 2.05. The minimum absolute atomic E-state index is 0.135. The third kappa shape index (κ3) is 3.59. The number of nitrogens with zero attached hydrogens (tertiary/aromatic N) is 6. The normalized spacial score (nSPS) is 10.9. The predicted molar refractivity (Wildman–Crippen MR) is 89.1 cm³/mol. The zero-order chi connectivity index (χ0) is 16.2. The molecule has 0 atom stereocenters. The Kier molecular flexibility index (Phi) is 4.73. The van der Waals surface area contributed by atoms with Crippen molar-refractivity contribution in [3.05, 3.63) is 35.7 Å². The molecule has 9 heteroatoms. The van der Waals surface area contributed by atoms with Crippen molar-refractivity contribution in [3.63, 3.8) is 0 Å². The van der Waals surface area contributed by atoms with Crippen LogP contribution in [0.15, 0.2) is 40.8 Å². The molecule has 3 aromatic rings. The summed E-state index contributed by atoms with van der Waals surface area (Å²) in [6, 6.07) is 5.47. The van der Waals surface area contributed by atoms with Gasteiger partial charge >= 0.3 is 0 Å². The third-order valence-corrected chi connectivity index (χ3v) is 4.08. The van der Waals surface area contributed by atoms with E-state index in [1.54, 1.807) is 18.5 Å². The van der Waals surface area contributed by atoms with Crippen LogP contribution < -0.4 is 5.73 Å². The lowest BCUT2D eigenvalue weighted by Gasteiger charge is -2.08. The molecule has 118 valence electrons. The number of aromatic nitrogens is 6. The summed E-state index contributed by atoms with van der Waals surface area (Å²) in [5, 5.41) is 10.2. The number of anilines is 1. The van der Waals surface area contributed by atoms with Gasteiger partial charge in [0.2, 0.25) is 5.95 Å². The van der Waals surface area contributed by atoms with E-state index in [2.05, 4.69) is 32.1 Å². The van der Waals surface area contributed by atoms with E-state index in [4.69, 9.17) is 17.3 Å². The number of nitrogens with two attached hydrogens (primary N) is 1. The Hall–Kier alpha value is -2.19. The number of nitrogen functional groups attached to an aromatic ring is 1. The Morgan fingerprint density at radius 3 is 2.70 bits per heavy atom. The largest absolute Gasteiger partial charge is 0.368 e. The fourth-order valence-corrected chi connectivity index (χ4v) is 3.18. The van der Waals surface area contributed by atoms with Crippen molar-refractivity contribution >= 4 is 29.3 Å². The van der Waals surface area contributed by atoms with Gasteiger partial charge in [0.15, 0.2) is 11.0 Å². The zero-order valence-electron chi connectivity index (χ0n) is 12.3. The summed E-state index contributed by atoms with van der Waals surface area (Å²) in [6.07, 6.45) is 4.42. The van der Waals surface area contributed by atoms with E-state index in [9.17, 15) is 0 Å². The summed E-state index contributed by atoms with van der Waals surface area (Å²) in [5.74, 6) is 0.931. The van der Waals surface area contributed by atoms with E-state index in [1.165, 1.54) is 11.8 Å². The van der Waals surface area contributed by atoms with Gasteiger partial charge < -0.3 is 10.3 Å². The Bertz CT molecular complexity index is 786. The van der Waals surface area contributed by atoms with Crippen molar-refractivity contribution in [3.8, 4) is 11.4 Å². The fourth-order valence-electron chi connectivity index (χ4n) is 2.06. The first-order valence-corrected chi connectivity index (χ1v) is 8.18. The summed E-state index contributed by atoms with van der Waals surface area (Å²) in [4.78, 5) is 12.1. The average Bonchev–Trinajstić information content (AvgIpc) is 2.90. The predicted octanol–water partition coefficient (Wildman–Crippen LogP) is 2.93. The van der Waals surface area contributed by atoms with E-state index >= 15 is 0 Å². The number of hydrogen-bond donors (Lipinski definition) is 1. The van der Waals surface area contributed by atoms with Crippen molar-refractivity contribution in [2.75, 3.05) is 5.73 Å². The molecular formula is C14H14ClN7S. The van der Waals surface area contributed by atoms with Crippen LogP contribution in [0.25, 0.3) is 11.4 Å². The van der Waals surface area contributed by atoms with Gasteiger partial charge in [-0.2, -0.15) is 0 Å². The van der Waals surface area contributed by atoms with Crippen LogP contribution in [0.5, 0.6) is 0 Å². The monoisotopic (exact) mass is 347 g/mol. The molecule has 0 radical (unpaired) electrons. The maximum absolute atomic E-state index is 5.92. The van der Waals surface area contributed by atoms with Crippen LogP contribution in [0.3, 0.4) is 0 Å². The lowest BCUT2D eigenvalue weighted by atomic mass is 10.2. The molecule has 0 aliphatic rings. The van der Waals surface area contributed by atoms with Crippen molar-refractivity contribution in [2.24, 2.45) is 0 Å². The molecule has 7 nitrogen and oxygen atoms in total. The van der Waals surface area contributed by atoms with Gasteiger partial charge in [0.05, 0.1) is 0 Å². The molecule has 0 aromatic carbocycles. The standard InChI is InChI=1S/C14H14ClN7S/c1-2-7-22-12(9-3-5-17-6-4-9)20-21-14(22)23-11-8-10(15)18-13(16)19-11/h3-6,8H,2,7H2,1H3,(H2,16,18,19). The Balaban J connectivity index is 1.98. The minimum atomic E-state index is 0.135. The number of pyridine rings is 1. The second-order valence-electron chi connectivity index (χ2n) is 4.68. The van der Waals surface area contributed by atoms with Gasteiger partial charge in [0, 0.05) is 30.6 Å². The molecule has 0 amide bonds. The lowest BCUT2D eigenvalue weighted by molar-refractivity contribution is 0.626. The molecule has 0 saturated heterocycles. The summed E-state index contributed by atoms with van der Waals surface area (Å²) >= 11 is 7.28. The molecule has 0 bridgehead atoms. The van der Waals surface area contributed by atoms with E-state index < -0.39 is 0 Å². The molecule has 0 spiro atoms. The van der Waals surface area contributed by atoms with Crippen LogP contribution in [0.4, 0.5) is 5.95 Å². The SMILES string of the molecule is CCCn1c(Sc2cc(Cl)nc(N)n2)nnc1-c1ccncc1. The topological polar surface area (TPSA) is 95.4 Å². The van der Waals surface area contributed by atoms with E-state index in [-0.39, 0.29) is 5.95 Å². The number of rotatable bonds is 5. The highest BCUT2D eigenvalue weighted by Gasteiger charge is 2.15. The summed E-state index contributed by atoms with van der Waals surface area (Å²) in [7, 11) is 0. The molecule has 3 heterocycles. The van der Waals surface area contributed by atoms with Gasteiger partial charge in [0.25, 0.3) is 0 Å². The van der Waals surface area contributed by atoms with Crippen LogP contribution in [-0.2, 0) is 6.54 Å². The van der Waals surface area contributed by atoms with Gasteiger partial charge in [-0.25, -0.2) is 9.97 Å².